The number of hydrogen-bond donors (Lipinski definition) is 1. The summed E-state index contributed by atoms with van der Waals surface area (Å²) in [5.41, 5.74) is 3.33. The van der Waals surface area contributed by atoms with Crippen molar-refractivity contribution in [3.8, 4) is 0 Å². The molecule has 6 heteroatoms. The highest BCUT2D eigenvalue weighted by molar-refractivity contribution is 5.99. The van der Waals surface area contributed by atoms with Gasteiger partial charge in [0, 0.05) is 37.3 Å². The molecule has 0 aliphatic carbocycles. The highest BCUT2D eigenvalue weighted by Crippen LogP contribution is 2.15. The second kappa shape index (κ2) is 10.4. The molecule has 2 aromatic rings. The lowest BCUT2D eigenvalue weighted by Crippen LogP contribution is -2.57. The quantitative estimate of drug-likeness (QED) is 0.757. The van der Waals surface area contributed by atoms with Gasteiger partial charge in [-0.1, -0.05) is 51.1 Å². The lowest BCUT2D eigenvalue weighted by Gasteiger charge is -2.37. The van der Waals surface area contributed by atoms with E-state index in [-0.39, 0.29) is 23.6 Å². The van der Waals surface area contributed by atoms with Crippen LogP contribution in [-0.4, -0.2) is 59.7 Å². The Hall–Kier alpha value is -3.15. The molecule has 170 valence electrons. The molecule has 1 N–H and O–H groups in total. The van der Waals surface area contributed by atoms with Crippen LogP contribution in [0.25, 0.3) is 0 Å². The van der Waals surface area contributed by atoms with E-state index in [2.05, 4.69) is 12.2 Å². The minimum atomic E-state index is -0.606. The molecule has 6 nitrogen and oxygen atoms in total. The zero-order chi connectivity index (χ0) is 23.3. The maximum Gasteiger partial charge on any atom is 0.253 e. The van der Waals surface area contributed by atoms with Gasteiger partial charge in [0.05, 0.1) is 0 Å². The molecule has 1 unspecified atom stereocenters. The molecule has 0 aromatic heterocycles. The van der Waals surface area contributed by atoms with Crippen molar-refractivity contribution in [2.45, 2.75) is 40.2 Å². The van der Waals surface area contributed by atoms with E-state index in [1.807, 2.05) is 63.2 Å². The number of nitrogens with one attached hydrogen (secondary N) is 1. The smallest absolute Gasteiger partial charge is 0.253 e. The minimum absolute atomic E-state index is 0.00647. The molecule has 1 aliphatic heterocycles. The first-order valence-corrected chi connectivity index (χ1v) is 11.3. The van der Waals surface area contributed by atoms with Crippen molar-refractivity contribution in [3.05, 3.63) is 70.8 Å². The second-order valence-corrected chi connectivity index (χ2v) is 8.68. The molecule has 2 aromatic carbocycles. The summed E-state index contributed by atoms with van der Waals surface area (Å²) in [6.45, 7) is 9.71. The number of nitrogens with zero attached hydrogens (tertiary/aromatic N) is 2. The van der Waals surface area contributed by atoms with Crippen LogP contribution < -0.4 is 5.32 Å². The van der Waals surface area contributed by atoms with Crippen molar-refractivity contribution >= 4 is 17.7 Å². The van der Waals surface area contributed by atoms with Crippen LogP contribution in [0.4, 0.5) is 0 Å². The van der Waals surface area contributed by atoms with Gasteiger partial charge in [0.2, 0.25) is 5.91 Å². The van der Waals surface area contributed by atoms with E-state index in [9.17, 15) is 14.4 Å². The standard InChI is InChI=1S/C26H33N3O3/c1-5-20-10-12-21(13-11-20)25(31)28-14-16-29(17-15-28)26(32)23(18(2)3)27-24(30)22-9-7-6-8-19(22)4/h6-13,18,23H,5,14-17H2,1-4H3,(H,27,30). The molecule has 32 heavy (non-hydrogen) atoms. The van der Waals surface area contributed by atoms with E-state index in [0.29, 0.717) is 37.3 Å². The summed E-state index contributed by atoms with van der Waals surface area (Å²) < 4.78 is 0. The van der Waals surface area contributed by atoms with E-state index in [1.54, 1.807) is 15.9 Å². The monoisotopic (exact) mass is 435 g/mol. The first kappa shape index (κ1) is 23.5. The normalized spacial score (nSPS) is 14.9. The Morgan fingerprint density at radius 1 is 0.906 bits per heavy atom. The Labute approximate surface area is 190 Å². The van der Waals surface area contributed by atoms with E-state index >= 15 is 0 Å². The molecular weight excluding hydrogens is 402 g/mol. The average Bonchev–Trinajstić information content (AvgIpc) is 2.81. The maximum absolute atomic E-state index is 13.2. The molecular formula is C26H33N3O3. The molecule has 1 fully saturated rings. The van der Waals surface area contributed by atoms with Crippen molar-refractivity contribution in [2.24, 2.45) is 5.92 Å². The number of piperazine rings is 1. The van der Waals surface area contributed by atoms with Gasteiger partial charge in [-0.15, -0.1) is 0 Å². The SMILES string of the molecule is CCc1ccc(C(=O)N2CCN(C(=O)C(NC(=O)c3ccccc3C)C(C)C)CC2)cc1. The van der Waals surface area contributed by atoms with Crippen LogP contribution in [0.15, 0.2) is 48.5 Å². The zero-order valence-corrected chi connectivity index (χ0v) is 19.4. The second-order valence-electron chi connectivity index (χ2n) is 8.68. The largest absolute Gasteiger partial charge is 0.340 e. The molecule has 0 spiro atoms. The molecule has 1 saturated heterocycles. The van der Waals surface area contributed by atoms with Gasteiger partial charge >= 0.3 is 0 Å². The van der Waals surface area contributed by atoms with Gasteiger partial charge in [0.1, 0.15) is 6.04 Å². The van der Waals surface area contributed by atoms with Gasteiger partial charge in [-0.05, 0) is 48.6 Å². The summed E-state index contributed by atoms with van der Waals surface area (Å²) in [7, 11) is 0. The summed E-state index contributed by atoms with van der Waals surface area (Å²) >= 11 is 0. The Kier molecular flexibility index (Phi) is 7.67. The third-order valence-electron chi connectivity index (χ3n) is 6.10. The highest BCUT2D eigenvalue weighted by Gasteiger charge is 2.32. The molecule has 1 heterocycles. The third kappa shape index (κ3) is 5.36. The molecule has 3 amide bonds. The number of hydrogen-bond acceptors (Lipinski definition) is 3. The number of rotatable bonds is 6. The molecule has 0 bridgehead atoms. The van der Waals surface area contributed by atoms with Gasteiger partial charge in [0.25, 0.3) is 11.8 Å². The van der Waals surface area contributed by atoms with Crippen LogP contribution in [0, 0.1) is 12.8 Å². The van der Waals surface area contributed by atoms with Gasteiger partial charge in [-0.25, -0.2) is 0 Å². The summed E-state index contributed by atoms with van der Waals surface area (Å²) in [5.74, 6) is -0.388. The highest BCUT2D eigenvalue weighted by atomic mass is 16.2. The van der Waals surface area contributed by atoms with Crippen LogP contribution in [0.3, 0.4) is 0 Å². The van der Waals surface area contributed by atoms with Gasteiger partial charge < -0.3 is 15.1 Å². The van der Waals surface area contributed by atoms with Crippen molar-refractivity contribution in [2.75, 3.05) is 26.2 Å². The summed E-state index contributed by atoms with van der Waals surface area (Å²) in [6, 6.07) is 14.5. The minimum Gasteiger partial charge on any atom is -0.340 e. The van der Waals surface area contributed by atoms with E-state index in [0.717, 1.165) is 12.0 Å². The topological polar surface area (TPSA) is 69.7 Å². The first-order chi connectivity index (χ1) is 15.3. The van der Waals surface area contributed by atoms with Gasteiger partial charge in [-0.3, -0.25) is 14.4 Å². The Balaban J connectivity index is 1.61. The van der Waals surface area contributed by atoms with E-state index in [1.165, 1.54) is 5.56 Å². The summed E-state index contributed by atoms with van der Waals surface area (Å²) in [6.07, 6.45) is 0.937. The molecule has 1 aliphatic rings. The fourth-order valence-corrected chi connectivity index (χ4v) is 3.95. The molecule has 0 radical (unpaired) electrons. The fraction of sp³-hybridized carbons (Fsp3) is 0.423. The van der Waals surface area contributed by atoms with Crippen LogP contribution in [0.1, 0.15) is 52.6 Å². The predicted molar refractivity (Wildman–Crippen MR) is 126 cm³/mol. The van der Waals surface area contributed by atoms with Crippen LogP contribution in [-0.2, 0) is 11.2 Å². The number of aryl methyl sites for hydroxylation is 2. The van der Waals surface area contributed by atoms with Crippen LogP contribution >= 0.6 is 0 Å². The van der Waals surface area contributed by atoms with E-state index < -0.39 is 6.04 Å². The average molecular weight is 436 g/mol. The van der Waals surface area contributed by atoms with Crippen LogP contribution in [0.5, 0.6) is 0 Å². The summed E-state index contributed by atoms with van der Waals surface area (Å²) in [4.78, 5) is 42.4. The van der Waals surface area contributed by atoms with Crippen LogP contribution in [0.2, 0.25) is 0 Å². The molecule has 0 saturated carbocycles. The first-order valence-electron chi connectivity index (χ1n) is 11.3. The van der Waals surface area contributed by atoms with E-state index in [4.69, 9.17) is 0 Å². The summed E-state index contributed by atoms with van der Waals surface area (Å²) in [5, 5.41) is 2.93. The number of amides is 3. The van der Waals surface area contributed by atoms with Crippen molar-refractivity contribution in [3.63, 3.8) is 0 Å². The molecule has 3 rings (SSSR count). The third-order valence-corrected chi connectivity index (χ3v) is 6.10. The van der Waals surface area contributed by atoms with Gasteiger partial charge in [0.15, 0.2) is 0 Å². The van der Waals surface area contributed by atoms with Crippen molar-refractivity contribution < 1.29 is 14.4 Å². The van der Waals surface area contributed by atoms with Gasteiger partial charge in [-0.2, -0.15) is 0 Å². The zero-order valence-electron chi connectivity index (χ0n) is 19.4. The van der Waals surface area contributed by atoms with Crippen molar-refractivity contribution in [1.82, 2.24) is 15.1 Å². The maximum atomic E-state index is 13.2. The number of benzene rings is 2. The number of carbonyl (C=O) groups excluding carboxylic acids is 3. The number of carbonyl (C=O) groups is 3. The lowest BCUT2D eigenvalue weighted by molar-refractivity contribution is -0.135. The molecule has 1 atom stereocenters. The fourth-order valence-electron chi connectivity index (χ4n) is 3.95. The Bertz CT molecular complexity index is 961. The Morgan fingerprint density at radius 2 is 1.50 bits per heavy atom. The predicted octanol–water partition coefficient (Wildman–Crippen LogP) is 3.30. The Morgan fingerprint density at radius 3 is 2.06 bits per heavy atom. The lowest BCUT2D eigenvalue weighted by atomic mass is 10.0. The van der Waals surface area contributed by atoms with Crippen molar-refractivity contribution in [1.29, 1.82) is 0 Å².